The standard InChI is InChI=1S/C11H17ClN2O2S.ClH/c1-2-3-9-4-5-10(12)11(8-9)17(15,16)14-7-6-13;/h4-5,8,14H,2-3,6-7,13H2,1H3;1H. The lowest BCUT2D eigenvalue weighted by Crippen LogP contribution is -2.29. The van der Waals surface area contributed by atoms with Crippen molar-refractivity contribution in [3.63, 3.8) is 0 Å². The number of hydrogen-bond acceptors (Lipinski definition) is 3. The Balaban J connectivity index is 0.00000289. The van der Waals surface area contributed by atoms with Crippen LogP contribution in [0.15, 0.2) is 23.1 Å². The molecule has 0 spiro atoms. The fraction of sp³-hybridized carbons (Fsp3) is 0.455. The van der Waals surface area contributed by atoms with Crippen molar-refractivity contribution in [1.82, 2.24) is 4.72 Å². The largest absolute Gasteiger partial charge is 0.329 e. The van der Waals surface area contributed by atoms with Crippen LogP contribution in [-0.4, -0.2) is 21.5 Å². The zero-order valence-electron chi connectivity index (χ0n) is 10.1. The molecule has 0 heterocycles. The first-order valence-electron chi connectivity index (χ1n) is 5.49. The van der Waals surface area contributed by atoms with Crippen molar-refractivity contribution in [2.45, 2.75) is 24.7 Å². The molecule has 0 aliphatic heterocycles. The Kier molecular flexibility index (Phi) is 7.82. The highest BCUT2D eigenvalue weighted by Gasteiger charge is 2.17. The van der Waals surface area contributed by atoms with E-state index in [0.29, 0.717) is 0 Å². The normalized spacial score (nSPS) is 11.1. The number of halogens is 2. The average Bonchev–Trinajstić information content (AvgIpc) is 2.29. The van der Waals surface area contributed by atoms with Crippen molar-refractivity contribution in [2.24, 2.45) is 5.73 Å². The van der Waals surface area contributed by atoms with Gasteiger partial charge >= 0.3 is 0 Å². The van der Waals surface area contributed by atoms with Gasteiger partial charge in [-0.25, -0.2) is 13.1 Å². The lowest BCUT2D eigenvalue weighted by molar-refractivity contribution is 0.582. The maximum Gasteiger partial charge on any atom is 0.242 e. The van der Waals surface area contributed by atoms with Crippen molar-refractivity contribution in [1.29, 1.82) is 0 Å². The highest BCUT2D eigenvalue weighted by atomic mass is 35.5. The number of benzene rings is 1. The minimum Gasteiger partial charge on any atom is -0.329 e. The monoisotopic (exact) mass is 312 g/mol. The molecule has 4 nitrogen and oxygen atoms in total. The van der Waals surface area contributed by atoms with Crippen LogP contribution in [0.1, 0.15) is 18.9 Å². The molecule has 0 saturated carbocycles. The molecule has 0 aliphatic rings. The Morgan fingerprint density at radius 2 is 2.06 bits per heavy atom. The van der Waals surface area contributed by atoms with Crippen LogP contribution in [0.3, 0.4) is 0 Å². The predicted octanol–water partition coefficient (Wildman–Crippen LogP) is 1.95. The molecular weight excluding hydrogens is 295 g/mol. The van der Waals surface area contributed by atoms with Crippen LogP contribution in [0, 0.1) is 0 Å². The van der Waals surface area contributed by atoms with Crippen LogP contribution in [-0.2, 0) is 16.4 Å². The van der Waals surface area contributed by atoms with Crippen LogP contribution >= 0.6 is 24.0 Å². The smallest absolute Gasteiger partial charge is 0.242 e. The van der Waals surface area contributed by atoms with Crippen molar-refractivity contribution in [3.8, 4) is 0 Å². The summed E-state index contributed by atoms with van der Waals surface area (Å²) in [6.07, 6.45) is 1.79. The summed E-state index contributed by atoms with van der Waals surface area (Å²) < 4.78 is 26.2. The molecule has 0 radical (unpaired) electrons. The van der Waals surface area contributed by atoms with Crippen LogP contribution in [0.4, 0.5) is 0 Å². The summed E-state index contributed by atoms with van der Waals surface area (Å²) in [5.74, 6) is 0. The third-order valence-corrected chi connectivity index (χ3v) is 4.20. The van der Waals surface area contributed by atoms with E-state index in [-0.39, 0.29) is 35.4 Å². The molecule has 1 aromatic carbocycles. The first-order valence-corrected chi connectivity index (χ1v) is 7.35. The highest BCUT2D eigenvalue weighted by molar-refractivity contribution is 7.89. The lowest BCUT2D eigenvalue weighted by Gasteiger charge is -2.09. The Bertz CT molecular complexity index is 478. The number of rotatable bonds is 6. The minimum absolute atomic E-state index is 0. The Hall–Kier alpha value is -0.330. The topological polar surface area (TPSA) is 72.2 Å². The number of sulfonamides is 1. The van der Waals surface area contributed by atoms with Gasteiger partial charge in [0.15, 0.2) is 0 Å². The van der Waals surface area contributed by atoms with Gasteiger partial charge in [0, 0.05) is 13.1 Å². The summed E-state index contributed by atoms with van der Waals surface area (Å²) in [5.41, 5.74) is 6.23. The van der Waals surface area contributed by atoms with E-state index in [2.05, 4.69) is 4.72 Å². The average molecular weight is 313 g/mol. The maximum absolute atomic E-state index is 11.9. The quantitative estimate of drug-likeness (QED) is 0.843. The van der Waals surface area contributed by atoms with Gasteiger partial charge in [-0.1, -0.05) is 31.0 Å². The Morgan fingerprint density at radius 3 is 2.61 bits per heavy atom. The van der Waals surface area contributed by atoms with E-state index in [4.69, 9.17) is 17.3 Å². The van der Waals surface area contributed by atoms with Crippen LogP contribution in [0.5, 0.6) is 0 Å². The van der Waals surface area contributed by atoms with E-state index in [1.54, 1.807) is 12.1 Å². The van der Waals surface area contributed by atoms with E-state index in [0.717, 1.165) is 18.4 Å². The molecule has 0 aliphatic carbocycles. The van der Waals surface area contributed by atoms with Crippen molar-refractivity contribution in [3.05, 3.63) is 28.8 Å². The molecular formula is C11H18Cl2N2O2S. The van der Waals surface area contributed by atoms with Gasteiger partial charge in [-0.05, 0) is 24.1 Å². The Labute approximate surface area is 119 Å². The second-order valence-electron chi connectivity index (χ2n) is 3.70. The van der Waals surface area contributed by atoms with Crippen molar-refractivity contribution < 1.29 is 8.42 Å². The summed E-state index contributed by atoms with van der Waals surface area (Å²) in [4.78, 5) is 0.124. The third-order valence-electron chi connectivity index (χ3n) is 2.26. The maximum atomic E-state index is 11.9. The summed E-state index contributed by atoms with van der Waals surface area (Å²) in [6.45, 7) is 2.50. The summed E-state index contributed by atoms with van der Waals surface area (Å²) in [6, 6.07) is 5.07. The Morgan fingerprint density at radius 1 is 1.39 bits per heavy atom. The van der Waals surface area contributed by atoms with E-state index in [9.17, 15) is 8.42 Å². The zero-order chi connectivity index (χ0) is 12.9. The lowest BCUT2D eigenvalue weighted by atomic mass is 10.1. The molecule has 0 bridgehead atoms. The van der Waals surface area contributed by atoms with E-state index < -0.39 is 10.0 Å². The van der Waals surface area contributed by atoms with Gasteiger partial charge in [0.1, 0.15) is 4.90 Å². The van der Waals surface area contributed by atoms with E-state index in [1.807, 2.05) is 13.0 Å². The third kappa shape index (κ3) is 4.74. The van der Waals surface area contributed by atoms with E-state index in [1.165, 1.54) is 0 Å². The SMILES string of the molecule is CCCc1ccc(Cl)c(S(=O)(=O)NCCN)c1.Cl. The van der Waals surface area contributed by atoms with Gasteiger partial charge in [0.2, 0.25) is 10.0 Å². The second kappa shape index (κ2) is 7.96. The molecule has 1 rings (SSSR count). The van der Waals surface area contributed by atoms with Crippen LogP contribution < -0.4 is 10.5 Å². The fourth-order valence-electron chi connectivity index (χ4n) is 1.47. The van der Waals surface area contributed by atoms with E-state index >= 15 is 0 Å². The molecule has 0 amide bonds. The number of nitrogens with two attached hydrogens (primary N) is 1. The van der Waals surface area contributed by atoms with Gasteiger partial charge in [-0.3, -0.25) is 0 Å². The van der Waals surface area contributed by atoms with Gasteiger partial charge in [0.25, 0.3) is 0 Å². The number of nitrogens with one attached hydrogen (secondary N) is 1. The zero-order valence-corrected chi connectivity index (χ0v) is 12.5. The molecule has 0 saturated heterocycles. The molecule has 18 heavy (non-hydrogen) atoms. The number of hydrogen-bond donors (Lipinski definition) is 2. The van der Waals surface area contributed by atoms with Crippen molar-refractivity contribution in [2.75, 3.05) is 13.1 Å². The molecule has 0 atom stereocenters. The highest BCUT2D eigenvalue weighted by Crippen LogP contribution is 2.23. The molecule has 3 N–H and O–H groups in total. The first-order chi connectivity index (χ1) is 8.01. The molecule has 104 valence electrons. The first kappa shape index (κ1) is 17.7. The molecule has 0 fully saturated rings. The van der Waals surface area contributed by atoms with Gasteiger partial charge in [-0.15, -0.1) is 12.4 Å². The molecule has 0 unspecified atom stereocenters. The molecule has 1 aromatic rings. The van der Waals surface area contributed by atoms with Gasteiger partial charge < -0.3 is 5.73 Å². The summed E-state index contributed by atoms with van der Waals surface area (Å²) in [5, 5.41) is 0.231. The predicted molar refractivity (Wildman–Crippen MR) is 76.9 cm³/mol. The fourth-order valence-corrected chi connectivity index (χ4v) is 3.06. The molecule has 7 heteroatoms. The number of aryl methyl sites for hydroxylation is 1. The van der Waals surface area contributed by atoms with Gasteiger partial charge in [-0.2, -0.15) is 0 Å². The van der Waals surface area contributed by atoms with Gasteiger partial charge in [0.05, 0.1) is 5.02 Å². The second-order valence-corrected chi connectivity index (χ2v) is 5.84. The van der Waals surface area contributed by atoms with Crippen molar-refractivity contribution >= 4 is 34.0 Å². The van der Waals surface area contributed by atoms with Crippen LogP contribution in [0.25, 0.3) is 0 Å². The summed E-state index contributed by atoms with van der Waals surface area (Å²) in [7, 11) is -3.56. The van der Waals surface area contributed by atoms with Crippen LogP contribution in [0.2, 0.25) is 5.02 Å². The summed E-state index contributed by atoms with van der Waals surface area (Å²) >= 11 is 5.91. The minimum atomic E-state index is -3.56. The molecule has 0 aromatic heterocycles.